The monoisotopic (exact) mass is 425 g/mol. The highest BCUT2D eigenvalue weighted by molar-refractivity contribution is 6.11. The zero-order valence-electron chi connectivity index (χ0n) is 17.2. The summed E-state index contributed by atoms with van der Waals surface area (Å²) in [5, 5.41) is 16.1. The Kier molecular flexibility index (Phi) is 5.09. The second-order valence-corrected chi connectivity index (χ2v) is 7.12. The Balaban J connectivity index is 1.22. The predicted octanol–water partition coefficient (Wildman–Crippen LogP) is 4.45. The van der Waals surface area contributed by atoms with Gasteiger partial charge in [0.2, 0.25) is 5.89 Å². The largest absolute Gasteiger partial charge is 0.484 e. The van der Waals surface area contributed by atoms with E-state index in [4.69, 9.17) is 9.15 Å². The van der Waals surface area contributed by atoms with Crippen LogP contribution in [0.3, 0.4) is 0 Å². The van der Waals surface area contributed by atoms with Gasteiger partial charge in [-0.15, -0.1) is 10.2 Å². The molecule has 0 radical (unpaired) electrons. The molecule has 0 saturated carbocycles. The standard InChI is InChI=1S/C24H19N5O3/c1-29-20-10-6-5-9-19(20)22(28-29)23(30)25-17-11-13-18(14-12-17)31-15-21-26-27-24(32-21)16-7-3-2-4-8-16/h2-14H,15H2,1H3,(H,25,30). The highest BCUT2D eigenvalue weighted by atomic mass is 16.5. The molecule has 158 valence electrons. The van der Waals surface area contributed by atoms with Gasteiger partial charge in [-0.25, -0.2) is 0 Å². The summed E-state index contributed by atoms with van der Waals surface area (Å²) in [6, 6.07) is 24.2. The number of amides is 1. The molecule has 8 heteroatoms. The number of carbonyl (C=O) groups excluding carboxylic acids is 1. The average molecular weight is 425 g/mol. The fourth-order valence-corrected chi connectivity index (χ4v) is 3.36. The van der Waals surface area contributed by atoms with Gasteiger partial charge in [-0.1, -0.05) is 36.4 Å². The lowest BCUT2D eigenvalue weighted by molar-refractivity contribution is 0.102. The maximum atomic E-state index is 12.7. The van der Waals surface area contributed by atoms with Gasteiger partial charge in [0.25, 0.3) is 11.8 Å². The van der Waals surface area contributed by atoms with Crippen LogP contribution in [0.15, 0.2) is 83.3 Å². The summed E-state index contributed by atoms with van der Waals surface area (Å²) >= 11 is 0. The van der Waals surface area contributed by atoms with E-state index in [0.29, 0.717) is 28.9 Å². The third-order valence-corrected chi connectivity index (χ3v) is 4.93. The van der Waals surface area contributed by atoms with Crippen molar-refractivity contribution < 1.29 is 13.9 Å². The second kappa shape index (κ2) is 8.35. The fourth-order valence-electron chi connectivity index (χ4n) is 3.36. The van der Waals surface area contributed by atoms with Gasteiger partial charge >= 0.3 is 0 Å². The summed E-state index contributed by atoms with van der Waals surface area (Å²) in [5.41, 5.74) is 2.78. The molecule has 2 heterocycles. The van der Waals surface area contributed by atoms with Crippen LogP contribution < -0.4 is 10.1 Å². The van der Waals surface area contributed by atoms with Crippen molar-refractivity contribution in [3.05, 3.63) is 90.4 Å². The number of benzene rings is 3. The molecule has 8 nitrogen and oxygen atoms in total. The Labute approximate surface area is 183 Å². The van der Waals surface area contributed by atoms with Crippen molar-refractivity contribution in [2.24, 2.45) is 7.05 Å². The van der Waals surface area contributed by atoms with Crippen molar-refractivity contribution in [3.63, 3.8) is 0 Å². The minimum atomic E-state index is -0.269. The van der Waals surface area contributed by atoms with Crippen molar-refractivity contribution in [1.82, 2.24) is 20.0 Å². The van der Waals surface area contributed by atoms with Crippen LogP contribution in [-0.2, 0) is 13.7 Å². The number of hydrogen-bond acceptors (Lipinski definition) is 6. The van der Waals surface area contributed by atoms with Crippen LogP contribution in [0, 0.1) is 0 Å². The van der Waals surface area contributed by atoms with Crippen LogP contribution in [0.1, 0.15) is 16.4 Å². The highest BCUT2D eigenvalue weighted by Crippen LogP contribution is 2.22. The van der Waals surface area contributed by atoms with Gasteiger partial charge in [-0.3, -0.25) is 9.48 Å². The molecule has 0 aliphatic carbocycles. The molecule has 2 aromatic heterocycles. The van der Waals surface area contributed by atoms with E-state index in [1.807, 2.05) is 61.6 Å². The first-order valence-corrected chi connectivity index (χ1v) is 10.0. The summed E-state index contributed by atoms with van der Waals surface area (Å²) < 4.78 is 13.1. The number of nitrogens with zero attached hydrogens (tertiary/aromatic N) is 4. The van der Waals surface area contributed by atoms with Crippen LogP contribution in [0.2, 0.25) is 0 Å². The number of ether oxygens (including phenoxy) is 1. The van der Waals surface area contributed by atoms with Gasteiger partial charge < -0.3 is 14.5 Å². The summed E-state index contributed by atoms with van der Waals surface area (Å²) in [7, 11) is 1.82. The molecule has 0 spiro atoms. The third-order valence-electron chi connectivity index (χ3n) is 4.93. The molecule has 0 unspecified atom stereocenters. The van der Waals surface area contributed by atoms with Crippen LogP contribution in [0.4, 0.5) is 5.69 Å². The first kappa shape index (κ1) is 19.5. The molecule has 0 fully saturated rings. The predicted molar refractivity (Wildman–Crippen MR) is 119 cm³/mol. The van der Waals surface area contributed by atoms with Gasteiger partial charge in [0, 0.05) is 23.7 Å². The molecule has 0 atom stereocenters. The number of aromatic nitrogens is 4. The number of anilines is 1. The number of nitrogens with one attached hydrogen (secondary N) is 1. The van der Waals surface area contributed by atoms with E-state index in [0.717, 1.165) is 16.5 Å². The number of rotatable bonds is 6. The maximum absolute atomic E-state index is 12.7. The highest BCUT2D eigenvalue weighted by Gasteiger charge is 2.16. The summed E-state index contributed by atoms with van der Waals surface area (Å²) in [5.74, 6) is 1.17. The molecule has 0 aliphatic rings. The van der Waals surface area contributed by atoms with Crippen molar-refractivity contribution in [3.8, 4) is 17.2 Å². The Hall–Kier alpha value is -4.46. The molecule has 1 N–H and O–H groups in total. The zero-order chi connectivity index (χ0) is 21.9. The molecular weight excluding hydrogens is 406 g/mol. The van der Waals surface area contributed by atoms with Gasteiger partial charge in [0.15, 0.2) is 12.3 Å². The first-order valence-electron chi connectivity index (χ1n) is 10.0. The number of hydrogen-bond donors (Lipinski definition) is 1. The van der Waals surface area contributed by atoms with E-state index in [1.54, 1.807) is 28.9 Å². The second-order valence-electron chi connectivity index (χ2n) is 7.12. The van der Waals surface area contributed by atoms with Crippen LogP contribution in [0.5, 0.6) is 5.75 Å². The summed E-state index contributed by atoms with van der Waals surface area (Å²) in [6.07, 6.45) is 0. The molecule has 0 saturated heterocycles. The Morgan fingerprint density at radius 2 is 1.72 bits per heavy atom. The molecule has 1 amide bonds. The third kappa shape index (κ3) is 3.93. The van der Waals surface area contributed by atoms with Crippen LogP contribution in [0.25, 0.3) is 22.4 Å². The van der Waals surface area contributed by atoms with E-state index in [9.17, 15) is 4.79 Å². The van der Waals surface area contributed by atoms with Crippen molar-refractivity contribution >= 4 is 22.5 Å². The average Bonchev–Trinajstić information content (AvgIpc) is 3.44. The maximum Gasteiger partial charge on any atom is 0.276 e. The van der Waals surface area contributed by atoms with Gasteiger partial charge in [-0.05, 0) is 42.5 Å². The smallest absolute Gasteiger partial charge is 0.276 e. The van der Waals surface area contributed by atoms with Crippen LogP contribution in [-0.4, -0.2) is 25.9 Å². The van der Waals surface area contributed by atoms with Crippen molar-refractivity contribution in [2.75, 3.05) is 5.32 Å². The minimum Gasteiger partial charge on any atom is -0.484 e. The van der Waals surface area contributed by atoms with E-state index < -0.39 is 0 Å². The van der Waals surface area contributed by atoms with E-state index in [-0.39, 0.29) is 12.5 Å². The number of aryl methyl sites for hydroxylation is 1. The Morgan fingerprint density at radius 3 is 2.53 bits per heavy atom. The van der Waals surface area contributed by atoms with E-state index in [1.165, 1.54) is 0 Å². The molecule has 5 rings (SSSR count). The topological polar surface area (TPSA) is 95.1 Å². The van der Waals surface area contributed by atoms with Gasteiger partial charge in [0.05, 0.1) is 5.52 Å². The number of para-hydroxylation sites is 1. The number of fused-ring (bicyclic) bond motifs is 1. The summed E-state index contributed by atoms with van der Waals surface area (Å²) in [6.45, 7) is 0.144. The van der Waals surface area contributed by atoms with E-state index >= 15 is 0 Å². The zero-order valence-corrected chi connectivity index (χ0v) is 17.2. The minimum absolute atomic E-state index is 0.144. The van der Waals surface area contributed by atoms with Crippen LogP contribution >= 0.6 is 0 Å². The molecule has 3 aromatic carbocycles. The molecule has 5 aromatic rings. The molecular formula is C24H19N5O3. The Bertz CT molecular complexity index is 1370. The first-order chi connectivity index (χ1) is 15.7. The lowest BCUT2D eigenvalue weighted by Crippen LogP contribution is -2.13. The van der Waals surface area contributed by atoms with Gasteiger partial charge in [0.1, 0.15) is 5.75 Å². The van der Waals surface area contributed by atoms with Gasteiger partial charge in [-0.2, -0.15) is 5.10 Å². The molecule has 32 heavy (non-hydrogen) atoms. The SMILES string of the molecule is Cn1nc(C(=O)Nc2ccc(OCc3nnc(-c4ccccc4)o3)cc2)c2ccccc21. The molecule has 0 aliphatic heterocycles. The van der Waals surface area contributed by atoms with Crippen molar-refractivity contribution in [1.29, 1.82) is 0 Å². The lowest BCUT2D eigenvalue weighted by atomic mass is 10.2. The summed E-state index contributed by atoms with van der Waals surface area (Å²) in [4.78, 5) is 12.7. The lowest BCUT2D eigenvalue weighted by Gasteiger charge is -2.06. The quantitative estimate of drug-likeness (QED) is 0.432. The normalized spacial score (nSPS) is 10.9. The molecule has 0 bridgehead atoms. The number of carbonyl (C=O) groups is 1. The van der Waals surface area contributed by atoms with Crippen molar-refractivity contribution in [2.45, 2.75) is 6.61 Å². The Morgan fingerprint density at radius 1 is 0.969 bits per heavy atom. The fraction of sp³-hybridized carbons (Fsp3) is 0.0833. The van der Waals surface area contributed by atoms with E-state index in [2.05, 4.69) is 20.6 Å².